The molecule has 0 aromatic carbocycles. The first-order valence-corrected chi connectivity index (χ1v) is 6.27. The summed E-state index contributed by atoms with van der Waals surface area (Å²) in [4.78, 5) is 23.4. The third kappa shape index (κ3) is 4.82. The summed E-state index contributed by atoms with van der Waals surface area (Å²) in [5.74, 6) is -1.24. The Morgan fingerprint density at radius 2 is 1.83 bits per heavy atom. The third-order valence-corrected chi connectivity index (χ3v) is 3.02. The zero-order valence-corrected chi connectivity index (χ0v) is 12.2. The molecule has 0 N–H and O–H groups in total. The van der Waals surface area contributed by atoms with Crippen LogP contribution in [0.3, 0.4) is 0 Å². The average Bonchev–Trinajstić information content (AvgIpc) is 2.33. The minimum absolute atomic E-state index is 0.295. The van der Waals surface area contributed by atoms with Crippen LogP contribution < -0.4 is 0 Å². The van der Waals surface area contributed by atoms with Gasteiger partial charge in [-0.05, 0) is 20.8 Å². The summed E-state index contributed by atoms with van der Waals surface area (Å²) < 4.78 is 14.9. The van der Waals surface area contributed by atoms with Crippen molar-refractivity contribution in [2.75, 3.05) is 19.6 Å². The van der Waals surface area contributed by atoms with E-state index >= 15 is 0 Å². The van der Waals surface area contributed by atoms with E-state index in [1.165, 1.54) is 7.11 Å². The van der Waals surface area contributed by atoms with E-state index in [2.05, 4.69) is 4.74 Å². The smallest absolute Gasteiger partial charge is 0.314 e. The van der Waals surface area contributed by atoms with Crippen LogP contribution >= 0.6 is 11.6 Å². The molecule has 0 heterocycles. The van der Waals surface area contributed by atoms with Crippen molar-refractivity contribution in [1.82, 2.24) is 0 Å². The molecular formula is C12H21ClO5. The van der Waals surface area contributed by atoms with Crippen LogP contribution in [0.2, 0.25) is 0 Å². The molecule has 0 aliphatic rings. The Hall–Kier alpha value is -0.810. The van der Waals surface area contributed by atoms with Gasteiger partial charge >= 0.3 is 11.9 Å². The molecule has 0 saturated heterocycles. The van der Waals surface area contributed by atoms with E-state index in [4.69, 9.17) is 21.1 Å². The first kappa shape index (κ1) is 17.2. The number of carbonyl (C=O) groups excluding carboxylic acids is 2. The van der Waals surface area contributed by atoms with Crippen LogP contribution in [0.1, 0.15) is 27.7 Å². The van der Waals surface area contributed by atoms with Crippen molar-refractivity contribution in [2.24, 2.45) is 11.3 Å². The van der Waals surface area contributed by atoms with Crippen LogP contribution in [-0.4, -0.2) is 37.8 Å². The lowest BCUT2D eigenvalue weighted by atomic mass is 9.80. The molecule has 0 saturated carbocycles. The number of rotatable bonds is 7. The summed E-state index contributed by atoms with van der Waals surface area (Å²) in [6.07, 6.45) is -0.694. The number of hydrogen-bond donors (Lipinski definition) is 0. The third-order valence-electron chi connectivity index (χ3n) is 2.87. The fourth-order valence-electron chi connectivity index (χ4n) is 1.20. The molecule has 0 aliphatic heterocycles. The zero-order valence-electron chi connectivity index (χ0n) is 11.5. The van der Waals surface area contributed by atoms with Crippen LogP contribution in [0.5, 0.6) is 0 Å². The largest absolute Gasteiger partial charge is 0.469 e. The van der Waals surface area contributed by atoms with Crippen LogP contribution in [0, 0.1) is 11.3 Å². The van der Waals surface area contributed by atoms with Gasteiger partial charge in [0.2, 0.25) is 0 Å². The molecule has 6 heteroatoms. The molecule has 0 spiro atoms. The van der Waals surface area contributed by atoms with Gasteiger partial charge in [-0.25, -0.2) is 0 Å². The van der Waals surface area contributed by atoms with Gasteiger partial charge in [-0.1, -0.05) is 6.92 Å². The van der Waals surface area contributed by atoms with E-state index in [9.17, 15) is 9.59 Å². The summed E-state index contributed by atoms with van der Waals surface area (Å²) >= 11 is 5.46. The predicted molar refractivity (Wildman–Crippen MR) is 67.2 cm³/mol. The van der Waals surface area contributed by atoms with E-state index in [-0.39, 0.29) is 0 Å². The van der Waals surface area contributed by atoms with E-state index < -0.39 is 29.6 Å². The van der Waals surface area contributed by atoms with Gasteiger partial charge in [-0.2, -0.15) is 0 Å². The van der Waals surface area contributed by atoms with Crippen molar-refractivity contribution in [3.63, 3.8) is 0 Å². The summed E-state index contributed by atoms with van der Waals surface area (Å²) in [5, 5.41) is 0. The molecule has 0 amide bonds. The molecule has 0 aliphatic carbocycles. The minimum atomic E-state index is -0.980. The topological polar surface area (TPSA) is 61.8 Å². The monoisotopic (exact) mass is 280 g/mol. The lowest BCUT2D eigenvalue weighted by molar-refractivity contribution is -0.189. The summed E-state index contributed by atoms with van der Waals surface area (Å²) in [6, 6.07) is 0. The first-order chi connectivity index (χ1) is 8.27. The fraction of sp³-hybridized carbons (Fsp3) is 0.833. The van der Waals surface area contributed by atoms with Gasteiger partial charge in [0.15, 0.2) is 6.29 Å². The average molecular weight is 281 g/mol. The number of ether oxygens (including phenoxy) is 3. The molecule has 0 aromatic rings. The van der Waals surface area contributed by atoms with Crippen LogP contribution in [0.25, 0.3) is 0 Å². The van der Waals surface area contributed by atoms with E-state index in [0.29, 0.717) is 12.5 Å². The van der Waals surface area contributed by atoms with Gasteiger partial charge in [-0.15, -0.1) is 11.6 Å². The van der Waals surface area contributed by atoms with Crippen molar-refractivity contribution >= 4 is 23.5 Å². The molecule has 0 rings (SSSR count). The Bertz CT molecular complexity index is 290. The molecule has 0 aromatic heterocycles. The predicted octanol–water partition coefficient (Wildman–Crippen LogP) is 1.97. The molecule has 2 atom stereocenters. The lowest BCUT2D eigenvalue weighted by Crippen LogP contribution is -2.39. The molecule has 0 radical (unpaired) electrons. The number of carbonyl (C=O) groups is 2. The molecule has 0 bridgehead atoms. The second-order valence-corrected chi connectivity index (χ2v) is 4.88. The van der Waals surface area contributed by atoms with Crippen molar-refractivity contribution in [1.29, 1.82) is 0 Å². The van der Waals surface area contributed by atoms with Crippen LogP contribution in [0.4, 0.5) is 0 Å². The van der Waals surface area contributed by atoms with Crippen molar-refractivity contribution in [3.8, 4) is 0 Å². The maximum Gasteiger partial charge on any atom is 0.314 e. The highest BCUT2D eigenvalue weighted by Gasteiger charge is 2.41. The highest BCUT2D eigenvalue weighted by molar-refractivity contribution is 6.17. The summed E-state index contributed by atoms with van der Waals surface area (Å²) in [5.41, 5.74) is -0.980. The quantitative estimate of drug-likeness (QED) is 0.405. The standard InChI is InChI=1S/C12H21ClO5/c1-8(10(14)16-5)12(3,4)11(15)18-9(2)17-7-6-13/h8-9H,6-7H2,1-5H3. The van der Waals surface area contributed by atoms with Crippen molar-refractivity contribution < 1.29 is 23.8 Å². The molecule has 2 unspecified atom stereocenters. The van der Waals surface area contributed by atoms with Gasteiger partial charge in [0.25, 0.3) is 0 Å². The second-order valence-electron chi connectivity index (χ2n) is 4.50. The van der Waals surface area contributed by atoms with E-state index in [1.54, 1.807) is 27.7 Å². The molecule has 0 fully saturated rings. The fourth-order valence-corrected chi connectivity index (χ4v) is 1.28. The zero-order chi connectivity index (χ0) is 14.3. The SMILES string of the molecule is COC(=O)C(C)C(C)(C)C(=O)OC(C)OCCCl. The molecule has 18 heavy (non-hydrogen) atoms. The Morgan fingerprint density at radius 3 is 2.28 bits per heavy atom. The normalized spacial score (nSPS) is 14.8. The van der Waals surface area contributed by atoms with Gasteiger partial charge in [-0.3, -0.25) is 9.59 Å². The number of hydrogen-bond acceptors (Lipinski definition) is 5. The Kier molecular flexibility index (Phi) is 7.25. The molecular weight excluding hydrogens is 260 g/mol. The van der Waals surface area contributed by atoms with Gasteiger partial charge in [0.05, 0.1) is 25.0 Å². The summed E-state index contributed by atoms with van der Waals surface area (Å²) in [7, 11) is 1.28. The van der Waals surface area contributed by atoms with Crippen molar-refractivity contribution in [2.45, 2.75) is 34.0 Å². The van der Waals surface area contributed by atoms with E-state index in [1.807, 2.05) is 0 Å². The highest BCUT2D eigenvalue weighted by Crippen LogP contribution is 2.29. The second kappa shape index (κ2) is 7.59. The van der Waals surface area contributed by atoms with Crippen molar-refractivity contribution in [3.05, 3.63) is 0 Å². The van der Waals surface area contributed by atoms with Gasteiger partial charge < -0.3 is 14.2 Å². The first-order valence-electron chi connectivity index (χ1n) is 5.73. The maximum atomic E-state index is 12.0. The summed E-state index contributed by atoms with van der Waals surface area (Å²) in [6.45, 7) is 6.78. The maximum absolute atomic E-state index is 12.0. The van der Waals surface area contributed by atoms with Gasteiger partial charge in [0, 0.05) is 5.88 Å². The number of alkyl halides is 1. The number of methoxy groups -OCH3 is 1. The minimum Gasteiger partial charge on any atom is -0.469 e. The highest BCUT2D eigenvalue weighted by atomic mass is 35.5. The molecule has 5 nitrogen and oxygen atoms in total. The Labute approximate surface area is 113 Å². The number of esters is 2. The Morgan fingerprint density at radius 1 is 1.28 bits per heavy atom. The molecule has 106 valence electrons. The van der Waals surface area contributed by atoms with E-state index in [0.717, 1.165) is 0 Å². The Balaban J connectivity index is 4.51. The van der Waals surface area contributed by atoms with Gasteiger partial charge in [0.1, 0.15) is 0 Å². The number of halogens is 1. The lowest BCUT2D eigenvalue weighted by Gasteiger charge is -2.28. The van der Waals surface area contributed by atoms with Crippen LogP contribution in [0.15, 0.2) is 0 Å². The van der Waals surface area contributed by atoms with Crippen LogP contribution in [-0.2, 0) is 23.8 Å².